The van der Waals surface area contributed by atoms with Gasteiger partial charge in [0.1, 0.15) is 0 Å². The summed E-state index contributed by atoms with van der Waals surface area (Å²) < 4.78 is -0.0918. The lowest BCUT2D eigenvalue weighted by atomic mass is 10.0. The molecule has 0 radical (unpaired) electrons. The van der Waals surface area contributed by atoms with Gasteiger partial charge < -0.3 is 0 Å². The lowest BCUT2D eigenvalue weighted by Gasteiger charge is -2.17. The summed E-state index contributed by atoms with van der Waals surface area (Å²) in [6.45, 7) is 4.16. The number of nitrogens with one attached hydrogen (secondary N) is 1. The monoisotopic (exact) mass is 192 g/mol. The van der Waals surface area contributed by atoms with Gasteiger partial charge in [-0.25, -0.2) is 0 Å². The van der Waals surface area contributed by atoms with Gasteiger partial charge in [-0.2, -0.15) is 17.7 Å². The highest BCUT2D eigenvalue weighted by Crippen LogP contribution is 2.28. The topological polar surface area (TPSA) is 28.7 Å². The molecule has 0 fully saturated rings. The zero-order valence-electron chi connectivity index (χ0n) is 7.70. The number of aromatic nitrogens is 2. The van der Waals surface area contributed by atoms with E-state index in [9.17, 15) is 0 Å². The Bertz CT molecular complexity index is 426. The number of nitrogens with zero attached hydrogens (tertiary/aromatic N) is 1. The van der Waals surface area contributed by atoms with E-state index < -0.39 is 0 Å². The van der Waals surface area contributed by atoms with Crippen molar-refractivity contribution >= 4 is 23.5 Å². The zero-order chi connectivity index (χ0) is 9.47. The quantitative estimate of drug-likeness (QED) is 0.668. The summed E-state index contributed by atoms with van der Waals surface area (Å²) in [6, 6.07) is 6.23. The molecule has 2 rings (SSSR count). The molecule has 0 aliphatic heterocycles. The van der Waals surface area contributed by atoms with E-state index in [1.165, 1.54) is 5.56 Å². The second-order valence-electron chi connectivity index (χ2n) is 3.73. The Kier molecular flexibility index (Phi) is 1.84. The number of hydrogen-bond donors (Lipinski definition) is 2. The Hall–Kier alpha value is -0.960. The molecule has 0 unspecified atom stereocenters. The maximum Gasteiger partial charge on any atom is 0.0650 e. The number of rotatable bonds is 1. The molecule has 0 spiro atoms. The molecule has 0 aliphatic rings. The van der Waals surface area contributed by atoms with E-state index in [4.69, 9.17) is 0 Å². The van der Waals surface area contributed by atoms with Crippen LogP contribution in [0.5, 0.6) is 0 Å². The maximum absolute atomic E-state index is 4.52. The molecule has 3 heteroatoms. The molecule has 68 valence electrons. The third kappa shape index (κ3) is 1.56. The van der Waals surface area contributed by atoms with Gasteiger partial charge in [-0.05, 0) is 31.5 Å². The van der Waals surface area contributed by atoms with Crippen LogP contribution in [0.1, 0.15) is 19.4 Å². The van der Waals surface area contributed by atoms with Gasteiger partial charge in [-0.15, -0.1) is 0 Å². The van der Waals surface area contributed by atoms with E-state index in [1.807, 2.05) is 12.3 Å². The van der Waals surface area contributed by atoms with Crippen molar-refractivity contribution in [3.8, 4) is 0 Å². The van der Waals surface area contributed by atoms with Gasteiger partial charge in [0, 0.05) is 10.1 Å². The van der Waals surface area contributed by atoms with E-state index in [0.29, 0.717) is 0 Å². The molecule has 1 aromatic heterocycles. The first kappa shape index (κ1) is 8.63. The minimum atomic E-state index is -0.0918. The largest absolute Gasteiger partial charge is 0.278 e. The van der Waals surface area contributed by atoms with Crippen LogP contribution in [-0.2, 0) is 4.75 Å². The molecule has 2 nitrogen and oxygen atoms in total. The Morgan fingerprint density at radius 3 is 2.85 bits per heavy atom. The Morgan fingerprint density at radius 1 is 1.38 bits per heavy atom. The summed E-state index contributed by atoms with van der Waals surface area (Å²) in [5.74, 6) is 0. The highest BCUT2D eigenvalue weighted by atomic mass is 32.1. The van der Waals surface area contributed by atoms with E-state index in [1.54, 1.807) is 0 Å². The summed E-state index contributed by atoms with van der Waals surface area (Å²) in [5.41, 5.74) is 2.28. The highest BCUT2D eigenvalue weighted by molar-refractivity contribution is 7.81. The Morgan fingerprint density at radius 2 is 2.15 bits per heavy atom. The van der Waals surface area contributed by atoms with Crippen LogP contribution in [0.4, 0.5) is 0 Å². The molecular weight excluding hydrogens is 180 g/mol. The lowest BCUT2D eigenvalue weighted by Crippen LogP contribution is -2.06. The first-order valence-corrected chi connectivity index (χ1v) is 4.68. The third-order valence-corrected chi connectivity index (χ3v) is 2.40. The van der Waals surface area contributed by atoms with Gasteiger partial charge in [0.2, 0.25) is 0 Å². The molecule has 0 saturated heterocycles. The van der Waals surface area contributed by atoms with Gasteiger partial charge in [0.25, 0.3) is 0 Å². The van der Waals surface area contributed by atoms with E-state index in [2.05, 4.69) is 48.8 Å². The van der Waals surface area contributed by atoms with Crippen molar-refractivity contribution in [2.45, 2.75) is 18.6 Å². The van der Waals surface area contributed by atoms with Gasteiger partial charge >= 0.3 is 0 Å². The van der Waals surface area contributed by atoms with Crippen LogP contribution in [0.25, 0.3) is 10.9 Å². The Balaban J connectivity index is 2.61. The molecule has 0 amide bonds. The molecule has 1 aromatic carbocycles. The van der Waals surface area contributed by atoms with E-state index in [-0.39, 0.29) is 4.75 Å². The number of thiol groups is 1. The molecule has 0 atom stereocenters. The fraction of sp³-hybridized carbons (Fsp3) is 0.300. The standard InChI is InChI=1S/C10H12N2S/c1-10(2,13)8-3-4-9-7(5-8)6-11-12-9/h3-6,13H,1-2H3,(H,11,12). The number of fused-ring (bicyclic) bond motifs is 1. The normalized spacial score (nSPS) is 12.2. The number of H-pyrrole nitrogens is 1. The van der Waals surface area contributed by atoms with Crippen LogP contribution >= 0.6 is 12.6 Å². The predicted octanol–water partition coefficient (Wildman–Crippen LogP) is 2.73. The summed E-state index contributed by atoms with van der Waals surface area (Å²) in [7, 11) is 0. The Labute approximate surface area is 82.8 Å². The average molecular weight is 192 g/mol. The summed E-state index contributed by atoms with van der Waals surface area (Å²) in [6.07, 6.45) is 1.83. The van der Waals surface area contributed by atoms with Crippen molar-refractivity contribution in [2.24, 2.45) is 0 Å². The van der Waals surface area contributed by atoms with Crippen molar-refractivity contribution in [1.29, 1.82) is 0 Å². The molecule has 0 bridgehead atoms. The second kappa shape index (κ2) is 2.77. The molecule has 1 heterocycles. The smallest absolute Gasteiger partial charge is 0.0650 e. The van der Waals surface area contributed by atoms with Crippen LogP contribution in [-0.4, -0.2) is 10.2 Å². The van der Waals surface area contributed by atoms with Crippen molar-refractivity contribution in [3.63, 3.8) is 0 Å². The lowest BCUT2D eigenvalue weighted by molar-refractivity contribution is 0.793. The van der Waals surface area contributed by atoms with E-state index >= 15 is 0 Å². The summed E-state index contributed by atoms with van der Waals surface area (Å²) in [4.78, 5) is 0. The van der Waals surface area contributed by atoms with Crippen LogP contribution in [0.3, 0.4) is 0 Å². The SMILES string of the molecule is CC(C)(S)c1ccc2[nH]ncc2c1. The summed E-state index contributed by atoms with van der Waals surface area (Å²) >= 11 is 4.52. The van der Waals surface area contributed by atoms with Crippen LogP contribution in [0.15, 0.2) is 24.4 Å². The van der Waals surface area contributed by atoms with Crippen molar-refractivity contribution in [1.82, 2.24) is 10.2 Å². The van der Waals surface area contributed by atoms with Crippen molar-refractivity contribution < 1.29 is 0 Å². The number of benzene rings is 1. The third-order valence-electron chi connectivity index (χ3n) is 2.15. The maximum atomic E-state index is 4.52. The van der Waals surface area contributed by atoms with Crippen LogP contribution in [0.2, 0.25) is 0 Å². The van der Waals surface area contributed by atoms with E-state index in [0.717, 1.165) is 10.9 Å². The number of hydrogen-bond acceptors (Lipinski definition) is 2. The minimum Gasteiger partial charge on any atom is -0.278 e. The first-order chi connectivity index (χ1) is 6.07. The summed E-state index contributed by atoms with van der Waals surface area (Å²) in [5, 5.41) is 8.04. The average Bonchev–Trinajstić information content (AvgIpc) is 2.47. The first-order valence-electron chi connectivity index (χ1n) is 4.23. The van der Waals surface area contributed by atoms with Crippen LogP contribution < -0.4 is 0 Å². The van der Waals surface area contributed by atoms with Gasteiger partial charge in [0.15, 0.2) is 0 Å². The van der Waals surface area contributed by atoms with Crippen LogP contribution in [0, 0.1) is 0 Å². The van der Waals surface area contributed by atoms with Gasteiger partial charge in [-0.1, -0.05) is 6.07 Å². The van der Waals surface area contributed by atoms with Crippen molar-refractivity contribution in [3.05, 3.63) is 30.0 Å². The second-order valence-corrected chi connectivity index (χ2v) is 4.85. The van der Waals surface area contributed by atoms with Gasteiger partial charge in [0.05, 0.1) is 11.7 Å². The van der Waals surface area contributed by atoms with Crippen molar-refractivity contribution in [2.75, 3.05) is 0 Å². The molecule has 0 saturated carbocycles. The molecule has 0 aliphatic carbocycles. The van der Waals surface area contributed by atoms with Gasteiger partial charge in [-0.3, -0.25) is 5.10 Å². The molecule has 2 aromatic rings. The zero-order valence-corrected chi connectivity index (χ0v) is 8.60. The fourth-order valence-electron chi connectivity index (χ4n) is 1.32. The number of aromatic amines is 1. The highest BCUT2D eigenvalue weighted by Gasteiger charge is 2.14. The molecule has 13 heavy (non-hydrogen) atoms. The predicted molar refractivity (Wildman–Crippen MR) is 58.1 cm³/mol. The minimum absolute atomic E-state index is 0.0918. The molecular formula is C10H12N2S. The molecule has 1 N–H and O–H groups in total. The fourth-order valence-corrected chi connectivity index (χ4v) is 1.46.